The third-order valence-corrected chi connectivity index (χ3v) is 5.11. The van der Waals surface area contributed by atoms with Crippen molar-refractivity contribution >= 4 is 23.8 Å². The molecule has 0 bridgehead atoms. The van der Waals surface area contributed by atoms with Crippen LogP contribution in [0.3, 0.4) is 0 Å². The number of amides is 4. The number of rotatable bonds is 5. The molecule has 2 aliphatic heterocycles. The molecule has 0 aliphatic carbocycles. The molecule has 4 N–H and O–H groups in total. The summed E-state index contributed by atoms with van der Waals surface area (Å²) in [5, 5.41) is 12.1. The molecule has 0 aromatic heterocycles. The minimum atomic E-state index is -1.21. The molecule has 0 unspecified atom stereocenters. The fourth-order valence-corrected chi connectivity index (χ4v) is 3.67. The Bertz CT molecular complexity index is 660. The molecule has 2 aliphatic rings. The van der Waals surface area contributed by atoms with E-state index in [1.807, 2.05) is 0 Å². The van der Waals surface area contributed by atoms with Gasteiger partial charge in [0.1, 0.15) is 17.7 Å². The fourth-order valence-electron chi connectivity index (χ4n) is 3.67. The number of carbonyl (C=O) groups excluding carboxylic acids is 4. The molecule has 29 heavy (non-hydrogen) atoms. The van der Waals surface area contributed by atoms with E-state index in [1.165, 1.54) is 16.7 Å². The van der Waals surface area contributed by atoms with Gasteiger partial charge in [-0.1, -0.05) is 0 Å². The fraction of sp³-hybridized carbons (Fsp3) is 0.789. The van der Waals surface area contributed by atoms with Crippen LogP contribution in [0, 0.1) is 5.92 Å². The quantitative estimate of drug-likeness (QED) is 0.560. The topological polar surface area (TPSA) is 142 Å². The Kier molecular flexibility index (Phi) is 7.10. The molecule has 0 saturated carbocycles. The van der Waals surface area contributed by atoms with E-state index in [2.05, 4.69) is 5.32 Å². The first-order valence-electron chi connectivity index (χ1n) is 9.97. The average Bonchev–Trinajstić information content (AvgIpc) is 3.26. The second kappa shape index (κ2) is 8.98. The number of carbonyl (C=O) groups is 4. The molecule has 0 spiro atoms. The molecule has 10 nitrogen and oxygen atoms in total. The van der Waals surface area contributed by atoms with Crippen molar-refractivity contribution < 1.29 is 29.0 Å². The van der Waals surface area contributed by atoms with Crippen molar-refractivity contribution in [3.63, 3.8) is 0 Å². The van der Waals surface area contributed by atoms with Crippen LogP contribution in [0.5, 0.6) is 0 Å². The molecule has 4 atom stereocenters. The van der Waals surface area contributed by atoms with Gasteiger partial charge in [0.25, 0.3) is 0 Å². The lowest BCUT2D eigenvalue weighted by Gasteiger charge is -2.28. The van der Waals surface area contributed by atoms with Crippen LogP contribution in [0.1, 0.15) is 47.0 Å². The number of nitrogens with two attached hydrogens (primary N) is 1. The van der Waals surface area contributed by atoms with Gasteiger partial charge in [0, 0.05) is 19.6 Å². The summed E-state index contributed by atoms with van der Waals surface area (Å²) in [6.07, 6.45) is 0.0256. The van der Waals surface area contributed by atoms with Gasteiger partial charge in [-0.2, -0.15) is 0 Å². The highest BCUT2D eigenvalue weighted by molar-refractivity contribution is 5.93. The summed E-state index contributed by atoms with van der Waals surface area (Å²) in [5.74, 6) is -1.95. The van der Waals surface area contributed by atoms with Crippen molar-refractivity contribution in [1.29, 1.82) is 0 Å². The Morgan fingerprint density at radius 3 is 2.38 bits per heavy atom. The molecular weight excluding hydrogens is 380 g/mol. The summed E-state index contributed by atoms with van der Waals surface area (Å²) in [6, 6.07) is -1.94. The van der Waals surface area contributed by atoms with Gasteiger partial charge in [-0.3, -0.25) is 14.4 Å². The van der Waals surface area contributed by atoms with Gasteiger partial charge in [0.15, 0.2) is 0 Å². The largest absolute Gasteiger partial charge is 0.444 e. The number of nitrogens with zero attached hydrogens (tertiary/aromatic N) is 2. The maximum absolute atomic E-state index is 13.0. The number of likely N-dealkylation sites (tertiary alicyclic amines) is 2. The van der Waals surface area contributed by atoms with Crippen molar-refractivity contribution in [3.8, 4) is 0 Å². The molecule has 10 heteroatoms. The van der Waals surface area contributed by atoms with Crippen molar-refractivity contribution in [2.75, 3.05) is 19.6 Å². The first kappa shape index (κ1) is 22.9. The zero-order valence-electron chi connectivity index (χ0n) is 17.5. The van der Waals surface area contributed by atoms with Crippen LogP contribution in [0.2, 0.25) is 0 Å². The van der Waals surface area contributed by atoms with E-state index in [-0.39, 0.29) is 12.5 Å². The van der Waals surface area contributed by atoms with Gasteiger partial charge in [0.2, 0.25) is 17.7 Å². The predicted octanol–water partition coefficient (Wildman–Crippen LogP) is -0.415. The lowest BCUT2D eigenvalue weighted by molar-refractivity contribution is -0.142. The van der Waals surface area contributed by atoms with Crippen molar-refractivity contribution in [1.82, 2.24) is 15.1 Å². The van der Waals surface area contributed by atoms with Crippen molar-refractivity contribution in [3.05, 3.63) is 0 Å². The van der Waals surface area contributed by atoms with Crippen LogP contribution in [0.4, 0.5) is 4.79 Å². The molecule has 0 radical (unpaired) electrons. The smallest absolute Gasteiger partial charge is 0.410 e. The SMILES string of the molecule is C[C@@H](O)[C@H](NC(=O)[C@@H]1CCCN1C(=O)[C@@H]1CCN(C(=O)OC(C)(C)C)C1)C(N)=O. The summed E-state index contributed by atoms with van der Waals surface area (Å²) >= 11 is 0. The minimum Gasteiger partial charge on any atom is -0.444 e. The highest BCUT2D eigenvalue weighted by Crippen LogP contribution is 2.26. The first-order chi connectivity index (χ1) is 13.4. The lowest BCUT2D eigenvalue weighted by atomic mass is 10.1. The summed E-state index contributed by atoms with van der Waals surface area (Å²) in [6.45, 7) is 7.79. The molecule has 2 rings (SSSR count). The van der Waals surface area contributed by atoms with E-state index >= 15 is 0 Å². The molecule has 2 fully saturated rings. The van der Waals surface area contributed by atoms with Gasteiger partial charge < -0.3 is 30.7 Å². The highest BCUT2D eigenvalue weighted by Gasteiger charge is 2.41. The minimum absolute atomic E-state index is 0.193. The Morgan fingerprint density at radius 1 is 1.17 bits per heavy atom. The van der Waals surface area contributed by atoms with E-state index in [4.69, 9.17) is 10.5 Å². The van der Waals surface area contributed by atoms with E-state index in [9.17, 15) is 24.3 Å². The van der Waals surface area contributed by atoms with E-state index in [1.54, 1.807) is 20.8 Å². The van der Waals surface area contributed by atoms with E-state index in [0.717, 1.165) is 0 Å². The third-order valence-electron chi connectivity index (χ3n) is 5.11. The Balaban J connectivity index is 1.99. The summed E-state index contributed by atoms with van der Waals surface area (Å²) in [7, 11) is 0. The summed E-state index contributed by atoms with van der Waals surface area (Å²) in [5.41, 5.74) is 4.61. The van der Waals surface area contributed by atoms with E-state index in [0.29, 0.717) is 32.4 Å². The molecule has 164 valence electrons. The lowest BCUT2D eigenvalue weighted by Crippen LogP contribution is -2.56. The van der Waals surface area contributed by atoms with Crippen LogP contribution in [-0.4, -0.2) is 82.1 Å². The van der Waals surface area contributed by atoms with Gasteiger partial charge in [-0.25, -0.2) is 4.79 Å². The molecular formula is C19H32N4O6. The number of aliphatic hydroxyl groups is 1. The van der Waals surface area contributed by atoms with Crippen molar-refractivity contribution in [2.24, 2.45) is 11.7 Å². The van der Waals surface area contributed by atoms with E-state index < -0.39 is 47.6 Å². The van der Waals surface area contributed by atoms with Crippen LogP contribution < -0.4 is 11.1 Å². The standard InChI is InChI=1S/C19H32N4O6/c1-11(24)14(15(20)25)21-16(26)13-6-5-8-23(13)17(27)12-7-9-22(10-12)18(28)29-19(2,3)4/h11-14,24H,5-10H2,1-4H3,(H2,20,25)(H,21,26)/t11-,12-,13+,14+/m1/s1. The highest BCUT2D eigenvalue weighted by atomic mass is 16.6. The van der Waals surface area contributed by atoms with Gasteiger partial charge in [0.05, 0.1) is 12.0 Å². The summed E-state index contributed by atoms with van der Waals surface area (Å²) < 4.78 is 5.35. The van der Waals surface area contributed by atoms with Gasteiger partial charge in [-0.05, 0) is 47.0 Å². The van der Waals surface area contributed by atoms with Crippen LogP contribution in [0.25, 0.3) is 0 Å². The number of ether oxygens (including phenoxy) is 1. The number of nitrogens with one attached hydrogen (secondary N) is 1. The average molecular weight is 412 g/mol. The maximum Gasteiger partial charge on any atom is 0.410 e. The number of hydrogen-bond acceptors (Lipinski definition) is 6. The first-order valence-corrected chi connectivity index (χ1v) is 9.97. The van der Waals surface area contributed by atoms with Crippen LogP contribution in [-0.2, 0) is 19.1 Å². The molecule has 4 amide bonds. The van der Waals surface area contributed by atoms with Crippen molar-refractivity contribution in [2.45, 2.75) is 70.7 Å². The second-order valence-corrected chi connectivity index (χ2v) is 8.73. The number of hydrogen-bond donors (Lipinski definition) is 3. The number of primary amides is 1. The third kappa shape index (κ3) is 5.81. The van der Waals surface area contributed by atoms with Gasteiger partial charge >= 0.3 is 6.09 Å². The second-order valence-electron chi connectivity index (χ2n) is 8.73. The Morgan fingerprint density at radius 2 is 1.83 bits per heavy atom. The number of aliphatic hydroxyl groups excluding tert-OH is 1. The molecule has 0 aromatic carbocycles. The monoisotopic (exact) mass is 412 g/mol. The van der Waals surface area contributed by atoms with Gasteiger partial charge in [-0.15, -0.1) is 0 Å². The predicted molar refractivity (Wildman–Crippen MR) is 103 cm³/mol. The zero-order chi connectivity index (χ0) is 21.9. The van der Waals surface area contributed by atoms with Crippen LogP contribution in [0.15, 0.2) is 0 Å². The Labute approximate surface area is 170 Å². The zero-order valence-corrected chi connectivity index (χ0v) is 17.5. The molecule has 0 aromatic rings. The molecule has 2 heterocycles. The normalized spacial score (nSPS) is 24.2. The van der Waals surface area contributed by atoms with Crippen LogP contribution >= 0.6 is 0 Å². The molecule has 2 saturated heterocycles. The maximum atomic E-state index is 13.0. The summed E-state index contributed by atoms with van der Waals surface area (Å²) in [4.78, 5) is 52.3. The Hall–Kier alpha value is -2.36.